The monoisotopic (exact) mass is 400 g/mol. The lowest BCUT2D eigenvalue weighted by Gasteiger charge is -2.13. The summed E-state index contributed by atoms with van der Waals surface area (Å²) in [5.41, 5.74) is 2.02. The average Bonchev–Trinajstić information content (AvgIpc) is 3.09. The maximum Gasteiger partial charge on any atom is 0.233 e. The van der Waals surface area contributed by atoms with E-state index in [1.54, 1.807) is 0 Å². The van der Waals surface area contributed by atoms with E-state index in [0.29, 0.717) is 18.1 Å². The number of carbonyl (C=O) groups is 1. The number of nitrogens with zero attached hydrogens (tertiary/aromatic N) is 3. The summed E-state index contributed by atoms with van der Waals surface area (Å²) < 4.78 is 2.01. The molecule has 0 saturated carbocycles. The number of benzene rings is 2. The van der Waals surface area contributed by atoms with E-state index in [4.69, 9.17) is 11.6 Å². The number of hydrogen-bond acceptors (Lipinski definition) is 4. The number of rotatable bonds is 7. The van der Waals surface area contributed by atoms with Gasteiger partial charge in [-0.15, -0.1) is 10.2 Å². The Morgan fingerprint density at radius 3 is 2.52 bits per heavy atom. The molecule has 0 fully saturated rings. The zero-order chi connectivity index (χ0) is 19.2. The Bertz CT molecular complexity index is 896. The van der Waals surface area contributed by atoms with Crippen LogP contribution in [0.1, 0.15) is 19.4 Å². The summed E-state index contributed by atoms with van der Waals surface area (Å²) >= 11 is 7.37. The molecule has 3 rings (SSSR count). The molecule has 5 nitrogen and oxygen atoms in total. The van der Waals surface area contributed by atoms with Crippen LogP contribution in [0.2, 0.25) is 5.02 Å². The Balaban J connectivity index is 1.67. The predicted octanol–water partition coefficient (Wildman–Crippen LogP) is 4.42. The molecule has 0 aliphatic carbocycles. The molecule has 0 aliphatic rings. The first kappa shape index (κ1) is 19.5. The standard InChI is InChI=1S/C20H21ClN4OS/c1-3-25-18(16-9-11-17(21)12-10-16)23-24-20(25)27-14(2)19(26)22-13-15-7-5-4-6-8-15/h4-12,14H,3,13H2,1-2H3,(H,22,26). The zero-order valence-electron chi connectivity index (χ0n) is 15.2. The highest BCUT2D eigenvalue weighted by molar-refractivity contribution is 8.00. The summed E-state index contributed by atoms with van der Waals surface area (Å²) in [7, 11) is 0. The molecule has 0 saturated heterocycles. The van der Waals surface area contributed by atoms with Gasteiger partial charge in [-0.05, 0) is 43.7 Å². The fourth-order valence-electron chi connectivity index (χ4n) is 2.61. The SMILES string of the molecule is CCn1c(SC(C)C(=O)NCc2ccccc2)nnc1-c1ccc(Cl)cc1. The number of aromatic nitrogens is 3. The van der Waals surface area contributed by atoms with Gasteiger partial charge in [-0.25, -0.2) is 0 Å². The Morgan fingerprint density at radius 1 is 1.15 bits per heavy atom. The largest absolute Gasteiger partial charge is 0.351 e. The van der Waals surface area contributed by atoms with Gasteiger partial charge in [0.25, 0.3) is 0 Å². The maximum atomic E-state index is 12.4. The van der Waals surface area contributed by atoms with Crippen molar-refractivity contribution in [3.05, 3.63) is 65.2 Å². The van der Waals surface area contributed by atoms with E-state index in [9.17, 15) is 4.79 Å². The van der Waals surface area contributed by atoms with E-state index in [1.165, 1.54) is 11.8 Å². The van der Waals surface area contributed by atoms with Gasteiger partial charge in [0.15, 0.2) is 11.0 Å². The van der Waals surface area contributed by atoms with Gasteiger partial charge < -0.3 is 9.88 Å². The quantitative estimate of drug-likeness (QED) is 0.596. The Labute approximate surface area is 168 Å². The van der Waals surface area contributed by atoms with E-state index in [1.807, 2.05) is 73.0 Å². The Hall–Kier alpha value is -2.31. The van der Waals surface area contributed by atoms with Gasteiger partial charge in [0, 0.05) is 23.7 Å². The van der Waals surface area contributed by atoms with Crippen molar-refractivity contribution in [1.29, 1.82) is 0 Å². The first-order valence-electron chi connectivity index (χ1n) is 8.76. The molecule has 3 aromatic rings. The van der Waals surface area contributed by atoms with Crippen molar-refractivity contribution in [1.82, 2.24) is 20.1 Å². The van der Waals surface area contributed by atoms with Crippen molar-refractivity contribution in [2.45, 2.75) is 37.3 Å². The third-order valence-electron chi connectivity index (χ3n) is 4.10. The first-order chi connectivity index (χ1) is 13.1. The highest BCUT2D eigenvalue weighted by Gasteiger charge is 2.20. The number of thioether (sulfide) groups is 1. The van der Waals surface area contributed by atoms with Crippen LogP contribution in [-0.4, -0.2) is 25.9 Å². The van der Waals surface area contributed by atoms with Crippen molar-refractivity contribution >= 4 is 29.3 Å². The second-order valence-corrected chi connectivity index (χ2v) is 7.77. The summed E-state index contributed by atoms with van der Waals surface area (Å²) in [6.07, 6.45) is 0. The molecule has 1 aromatic heterocycles. The molecule has 0 aliphatic heterocycles. The molecule has 2 aromatic carbocycles. The topological polar surface area (TPSA) is 59.8 Å². The minimum Gasteiger partial charge on any atom is -0.351 e. The lowest BCUT2D eigenvalue weighted by molar-refractivity contribution is -0.120. The predicted molar refractivity (Wildman–Crippen MR) is 110 cm³/mol. The van der Waals surface area contributed by atoms with Crippen LogP contribution in [0.25, 0.3) is 11.4 Å². The molecule has 1 unspecified atom stereocenters. The molecule has 1 amide bonds. The number of nitrogens with one attached hydrogen (secondary N) is 1. The van der Waals surface area contributed by atoms with Crippen molar-refractivity contribution in [3.8, 4) is 11.4 Å². The van der Waals surface area contributed by atoms with E-state index in [2.05, 4.69) is 15.5 Å². The van der Waals surface area contributed by atoms with Gasteiger partial charge >= 0.3 is 0 Å². The lowest BCUT2D eigenvalue weighted by atomic mass is 10.2. The van der Waals surface area contributed by atoms with Crippen molar-refractivity contribution in [2.75, 3.05) is 0 Å². The van der Waals surface area contributed by atoms with Crippen molar-refractivity contribution < 1.29 is 4.79 Å². The summed E-state index contributed by atoms with van der Waals surface area (Å²) in [6.45, 7) is 5.14. The molecule has 1 N–H and O–H groups in total. The molecule has 0 bridgehead atoms. The fourth-order valence-corrected chi connectivity index (χ4v) is 3.68. The van der Waals surface area contributed by atoms with Gasteiger partial charge in [0.1, 0.15) is 0 Å². The van der Waals surface area contributed by atoms with Crippen LogP contribution in [0.15, 0.2) is 59.8 Å². The number of carbonyl (C=O) groups excluding carboxylic acids is 1. The second kappa shape index (κ2) is 9.06. The fraction of sp³-hybridized carbons (Fsp3) is 0.250. The molecule has 7 heteroatoms. The van der Waals surface area contributed by atoms with Crippen LogP contribution in [-0.2, 0) is 17.9 Å². The minimum absolute atomic E-state index is 0.0254. The minimum atomic E-state index is -0.277. The molecular weight excluding hydrogens is 380 g/mol. The number of halogens is 1. The van der Waals surface area contributed by atoms with E-state index in [-0.39, 0.29) is 11.2 Å². The molecule has 140 valence electrons. The van der Waals surface area contributed by atoms with Crippen LogP contribution in [0, 0.1) is 0 Å². The highest BCUT2D eigenvalue weighted by atomic mass is 35.5. The number of hydrogen-bond donors (Lipinski definition) is 1. The van der Waals surface area contributed by atoms with Gasteiger partial charge in [-0.2, -0.15) is 0 Å². The Morgan fingerprint density at radius 2 is 1.85 bits per heavy atom. The normalized spacial score (nSPS) is 12.0. The van der Waals surface area contributed by atoms with Crippen molar-refractivity contribution in [3.63, 3.8) is 0 Å². The summed E-state index contributed by atoms with van der Waals surface area (Å²) in [5.74, 6) is 0.746. The second-order valence-electron chi connectivity index (χ2n) is 6.02. The number of amides is 1. The molecular formula is C20H21ClN4OS. The van der Waals surface area contributed by atoms with Crippen LogP contribution < -0.4 is 5.32 Å². The third kappa shape index (κ3) is 4.90. The molecule has 0 spiro atoms. The molecule has 1 heterocycles. The summed E-state index contributed by atoms with van der Waals surface area (Å²) in [4.78, 5) is 12.4. The van der Waals surface area contributed by atoms with Crippen molar-refractivity contribution in [2.24, 2.45) is 0 Å². The molecule has 27 heavy (non-hydrogen) atoms. The van der Waals surface area contributed by atoms with Crippen LogP contribution >= 0.6 is 23.4 Å². The highest BCUT2D eigenvalue weighted by Crippen LogP contribution is 2.27. The van der Waals surface area contributed by atoms with Gasteiger partial charge in [0.2, 0.25) is 5.91 Å². The van der Waals surface area contributed by atoms with Crippen LogP contribution in [0.5, 0.6) is 0 Å². The average molecular weight is 401 g/mol. The lowest BCUT2D eigenvalue weighted by Crippen LogP contribution is -2.30. The Kier molecular flexibility index (Phi) is 6.53. The van der Waals surface area contributed by atoms with Crippen LogP contribution in [0.4, 0.5) is 0 Å². The molecule has 1 atom stereocenters. The zero-order valence-corrected chi connectivity index (χ0v) is 16.8. The van der Waals surface area contributed by atoms with E-state index >= 15 is 0 Å². The van der Waals surface area contributed by atoms with Crippen LogP contribution in [0.3, 0.4) is 0 Å². The van der Waals surface area contributed by atoms with E-state index < -0.39 is 0 Å². The van der Waals surface area contributed by atoms with Gasteiger partial charge in [-0.1, -0.05) is 53.7 Å². The van der Waals surface area contributed by atoms with Gasteiger partial charge in [-0.3, -0.25) is 4.79 Å². The summed E-state index contributed by atoms with van der Waals surface area (Å²) in [5, 5.41) is 12.7. The summed E-state index contributed by atoms with van der Waals surface area (Å²) in [6, 6.07) is 17.4. The first-order valence-corrected chi connectivity index (χ1v) is 10.0. The van der Waals surface area contributed by atoms with E-state index in [0.717, 1.165) is 22.1 Å². The maximum absolute atomic E-state index is 12.4. The molecule has 0 radical (unpaired) electrons. The third-order valence-corrected chi connectivity index (χ3v) is 5.43. The van der Waals surface area contributed by atoms with Gasteiger partial charge in [0.05, 0.1) is 5.25 Å². The smallest absolute Gasteiger partial charge is 0.233 e.